The van der Waals surface area contributed by atoms with Gasteiger partial charge in [-0.2, -0.15) is 5.10 Å². The molecule has 0 radical (unpaired) electrons. The maximum atomic E-state index is 12.3. The number of rotatable bonds is 5. The van der Waals surface area contributed by atoms with Gasteiger partial charge in [0.2, 0.25) is 5.91 Å². The predicted molar refractivity (Wildman–Crippen MR) is 95.2 cm³/mol. The van der Waals surface area contributed by atoms with Gasteiger partial charge in [0.25, 0.3) is 0 Å². The first-order valence-corrected chi connectivity index (χ1v) is 8.54. The smallest absolute Gasteiger partial charge is 0.244 e. The Balaban J connectivity index is 1.78. The monoisotopic (exact) mass is 344 g/mol. The number of thiophene rings is 1. The standard InChI is InChI=1S/C16H16N4OS2/c1-2-11-5-3-6-12(9-11)17-14(21)10-20-15(18-19-16(20)22)13-7-4-8-23-13/h3-9H,2,10H2,1H3,(H,17,21)(H,19,22). The highest BCUT2D eigenvalue weighted by Crippen LogP contribution is 2.22. The van der Waals surface area contributed by atoms with E-state index in [1.807, 2.05) is 41.8 Å². The largest absolute Gasteiger partial charge is 0.325 e. The molecule has 0 unspecified atom stereocenters. The first-order chi connectivity index (χ1) is 11.2. The Morgan fingerprint density at radius 1 is 1.39 bits per heavy atom. The summed E-state index contributed by atoms with van der Waals surface area (Å²) in [6, 6.07) is 11.7. The van der Waals surface area contributed by atoms with E-state index in [1.54, 1.807) is 15.9 Å². The summed E-state index contributed by atoms with van der Waals surface area (Å²) < 4.78 is 2.14. The van der Waals surface area contributed by atoms with Crippen molar-refractivity contribution in [1.29, 1.82) is 0 Å². The number of carbonyl (C=O) groups is 1. The number of nitrogens with zero attached hydrogens (tertiary/aromatic N) is 2. The number of aromatic amines is 1. The molecule has 3 rings (SSSR count). The van der Waals surface area contributed by atoms with E-state index in [2.05, 4.69) is 22.4 Å². The van der Waals surface area contributed by atoms with Crippen LogP contribution in [0.1, 0.15) is 12.5 Å². The topological polar surface area (TPSA) is 62.7 Å². The summed E-state index contributed by atoms with van der Waals surface area (Å²) in [5, 5.41) is 11.9. The van der Waals surface area contributed by atoms with Crippen molar-refractivity contribution in [2.45, 2.75) is 19.9 Å². The molecule has 2 N–H and O–H groups in total. The molecule has 3 aromatic rings. The van der Waals surface area contributed by atoms with Crippen LogP contribution < -0.4 is 5.32 Å². The Kier molecular flexibility index (Phi) is 4.68. The predicted octanol–water partition coefficient (Wildman–Crippen LogP) is 3.87. The number of hydrogen-bond donors (Lipinski definition) is 2. The molecule has 7 heteroatoms. The van der Waals surface area contributed by atoms with Crippen LogP contribution in [0, 0.1) is 4.77 Å². The fraction of sp³-hybridized carbons (Fsp3) is 0.188. The van der Waals surface area contributed by atoms with E-state index in [4.69, 9.17) is 12.2 Å². The number of aromatic nitrogens is 3. The molecule has 5 nitrogen and oxygen atoms in total. The van der Waals surface area contributed by atoms with Crippen LogP contribution in [0.25, 0.3) is 10.7 Å². The SMILES string of the molecule is CCc1cccc(NC(=O)Cn2c(-c3cccs3)n[nH]c2=S)c1. The van der Waals surface area contributed by atoms with E-state index in [9.17, 15) is 4.79 Å². The fourth-order valence-electron chi connectivity index (χ4n) is 2.27. The number of aryl methyl sites for hydroxylation is 1. The molecule has 0 saturated heterocycles. The van der Waals surface area contributed by atoms with Crippen molar-refractivity contribution in [2.75, 3.05) is 5.32 Å². The molecular formula is C16H16N4OS2. The molecule has 2 aromatic heterocycles. The Hall–Kier alpha value is -2.25. The molecule has 1 amide bonds. The van der Waals surface area contributed by atoms with Crippen molar-refractivity contribution in [3.05, 3.63) is 52.1 Å². The number of carbonyl (C=O) groups excluding carboxylic acids is 1. The Morgan fingerprint density at radius 2 is 2.26 bits per heavy atom. The Morgan fingerprint density at radius 3 is 3.00 bits per heavy atom. The van der Waals surface area contributed by atoms with Crippen LogP contribution >= 0.6 is 23.6 Å². The zero-order valence-electron chi connectivity index (χ0n) is 12.6. The van der Waals surface area contributed by atoms with Crippen LogP contribution in [-0.2, 0) is 17.8 Å². The maximum absolute atomic E-state index is 12.3. The summed E-state index contributed by atoms with van der Waals surface area (Å²) in [6.07, 6.45) is 0.930. The van der Waals surface area contributed by atoms with E-state index in [0.29, 0.717) is 10.6 Å². The molecule has 1 aromatic carbocycles. The first kappa shape index (κ1) is 15.6. The van der Waals surface area contributed by atoms with Crippen molar-refractivity contribution in [2.24, 2.45) is 0 Å². The van der Waals surface area contributed by atoms with Crippen LogP contribution in [0.4, 0.5) is 5.69 Å². The number of benzene rings is 1. The quantitative estimate of drug-likeness (QED) is 0.691. The third-order valence-electron chi connectivity index (χ3n) is 3.42. The molecule has 0 saturated carbocycles. The second kappa shape index (κ2) is 6.89. The molecular weight excluding hydrogens is 328 g/mol. The van der Waals surface area contributed by atoms with E-state index >= 15 is 0 Å². The van der Waals surface area contributed by atoms with E-state index in [0.717, 1.165) is 17.0 Å². The molecule has 0 aliphatic carbocycles. The first-order valence-electron chi connectivity index (χ1n) is 7.25. The second-order valence-corrected chi connectivity index (χ2v) is 6.35. The van der Waals surface area contributed by atoms with E-state index < -0.39 is 0 Å². The van der Waals surface area contributed by atoms with Gasteiger partial charge in [-0.15, -0.1) is 11.3 Å². The fourth-order valence-corrected chi connectivity index (χ4v) is 3.19. The molecule has 0 fully saturated rings. The van der Waals surface area contributed by atoms with Gasteiger partial charge in [0, 0.05) is 5.69 Å². The molecule has 0 aliphatic heterocycles. The maximum Gasteiger partial charge on any atom is 0.244 e. The molecule has 2 heterocycles. The van der Waals surface area contributed by atoms with Crippen LogP contribution in [0.5, 0.6) is 0 Å². The summed E-state index contributed by atoms with van der Waals surface area (Å²) in [5.41, 5.74) is 1.98. The third kappa shape index (κ3) is 3.57. The molecule has 23 heavy (non-hydrogen) atoms. The van der Waals surface area contributed by atoms with Gasteiger partial charge in [0.15, 0.2) is 10.6 Å². The van der Waals surface area contributed by atoms with Crippen molar-refractivity contribution in [3.63, 3.8) is 0 Å². The summed E-state index contributed by atoms with van der Waals surface area (Å²) >= 11 is 6.80. The number of hydrogen-bond acceptors (Lipinski definition) is 4. The van der Waals surface area contributed by atoms with Gasteiger partial charge in [-0.05, 0) is 47.8 Å². The lowest BCUT2D eigenvalue weighted by Crippen LogP contribution is -2.19. The number of anilines is 1. The highest BCUT2D eigenvalue weighted by molar-refractivity contribution is 7.71. The molecule has 118 valence electrons. The summed E-state index contributed by atoms with van der Waals surface area (Å²) in [4.78, 5) is 13.3. The van der Waals surface area contributed by atoms with Crippen LogP contribution in [0.15, 0.2) is 41.8 Å². The van der Waals surface area contributed by atoms with Gasteiger partial charge in [0.1, 0.15) is 6.54 Å². The lowest BCUT2D eigenvalue weighted by Gasteiger charge is -2.08. The highest BCUT2D eigenvalue weighted by atomic mass is 32.1. The minimum absolute atomic E-state index is 0.124. The Labute approximate surface area is 143 Å². The third-order valence-corrected chi connectivity index (χ3v) is 4.60. The number of amides is 1. The van der Waals surface area contributed by atoms with Crippen LogP contribution in [-0.4, -0.2) is 20.7 Å². The van der Waals surface area contributed by atoms with Gasteiger partial charge in [-0.25, -0.2) is 0 Å². The van der Waals surface area contributed by atoms with Gasteiger partial charge in [0.05, 0.1) is 4.88 Å². The second-order valence-electron chi connectivity index (χ2n) is 5.02. The van der Waals surface area contributed by atoms with Crippen molar-refractivity contribution < 1.29 is 4.79 Å². The molecule has 0 bridgehead atoms. The van der Waals surface area contributed by atoms with E-state index in [1.165, 1.54) is 5.56 Å². The normalized spacial score (nSPS) is 10.7. The lowest BCUT2D eigenvalue weighted by molar-refractivity contribution is -0.116. The highest BCUT2D eigenvalue weighted by Gasteiger charge is 2.13. The van der Waals surface area contributed by atoms with Crippen LogP contribution in [0.2, 0.25) is 0 Å². The summed E-state index contributed by atoms with van der Waals surface area (Å²) in [6.45, 7) is 2.21. The number of H-pyrrole nitrogens is 1. The van der Waals surface area contributed by atoms with Crippen LogP contribution in [0.3, 0.4) is 0 Å². The van der Waals surface area contributed by atoms with Crippen molar-refractivity contribution in [1.82, 2.24) is 14.8 Å². The van der Waals surface area contributed by atoms with E-state index in [-0.39, 0.29) is 12.5 Å². The zero-order valence-corrected chi connectivity index (χ0v) is 14.2. The van der Waals surface area contributed by atoms with Gasteiger partial charge >= 0.3 is 0 Å². The summed E-state index contributed by atoms with van der Waals surface area (Å²) in [5.74, 6) is 0.552. The minimum Gasteiger partial charge on any atom is -0.325 e. The van der Waals surface area contributed by atoms with Gasteiger partial charge in [-0.3, -0.25) is 14.5 Å². The molecule has 0 spiro atoms. The number of nitrogens with one attached hydrogen (secondary N) is 2. The van der Waals surface area contributed by atoms with Crippen molar-refractivity contribution >= 4 is 35.1 Å². The molecule has 0 atom stereocenters. The average molecular weight is 344 g/mol. The Bertz CT molecular complexity index is 864. The van der Waals surface area contributed by atoms with Gasteiger partial charge < -0.3 is 5.32 Å². The lowest BCUT2D eigenvalue weighted by atomic mass is 10.1. The minimum atomic E-state index is -0.131. The summed E-state index contributed by atoms with van der Waals surface area (Å²) in [7, 11) is 0. The van der Waals surface area contributed by atoms with Gasteiger partial charge in [-0.1, -0.05) is 25.1 Å². The average Bonchev–Trinajstić information content (AvgIpc) is 3.18. The zero-order chi connectivity index (χ0) is 16.2. The van der Waals surface area contributed by atoms with Crippen molar-refractivity contribution in [3.8, 4) is 10.7 Å². The molecule has 0 aliphatic rings.